The van der Waals surface area contributed by atoms with Crippen molar-refractivity contribution in [3.8, 4) is 11.3 Å². The predicted octanol–water partition coefficient (Wildman–Crippen LogP) is 3.15. The molecular formula is C15H15ClN2O3S2. The van der Waals surface area contributed by atoms with Crippen LogP contribution >= 0.6 is 22.9 Å². The van der Waals surface area contributed by atoms with Gasteiger partial charge in [-0.05, 0) is 25.5 Å². The highest BCUT2D eigenvalue weighted by atomic mass is 35.5. The van der Waals surface area contributed by atoms with E-state index in [2.05, 4.69) is 10.3 Å². The van der Waals surface area contributed by atoms with Gasteiger partial charge in [0.05, 0.1) is 23.1 Å². The van der Waals surface area contributed by atoms with E-state index in [0.717, 1.165) is 16.1 Å². The Hall–Kier alpha value is -1.44. The molecule has 122 valence electrons. The van der Waals surface area contributed by atoms with Crippen LogP contribution in [-0.2, 0) is 14.6 Å². The molecule has 0 unspecified atom stereocenters. The second-order valence-electron chi connectivity index (χ2n) is 5.52. The number of amides is 1. The van der Waals surface area contributed by atoms with Gasteiger partial charge in [-0.1, -0.05) is 23.7 Å². The lowest BCUT2D eigenvalue weighted by molar-refractivity contribution is -0.119. The maximum atomic E-state index is 12.2. The quantitative estimate of drug-likeness (QED) is 0.900. The minimum Gasteiger partial charge on any atom is -0.302 e. The summed E-state index contributed by atoms with van der Waals surface area (Å²) in [6.45, 7) is 1.93. The summed E-state index contributed by atoms with van der Waals surface area (Å²) in [6.07, 6.45) is 0.378. The van der Waals surface area contributed by atoms with Crippen LogP contribution < -0.4 is 5.32 Å². The van der Waals surface area contributed by atoms with E-state index in [1.54, 1.807) is 12.1 Å². The summed E-state index contributed by atoms with van der Waals surface area (Å²) >= 11 is 7.26. The van der Waals surface area contributed by atoms with Gasteiger partial charge in [0, 0.05) is 15.5 Å². The molecule has 1 atom stereocenters. The average Bonchev–Trinajstić information content (AvgIpc) is 3.02. The summed E-state index contributed by atoms with van der Waals surface area (Å²) in [5.41, 5.74) is 1.72. The minimum atomic E-state index is -3.07. The first kappa shape index (κ1) is 16.4. The first-order valence-corrected chi connectivity index (χ1v) is 10.1. The fraction of sp³-hybridized carbons (Fsp3) is 0.333. The lowest BCUT2D eigenvalue weighted by atomic mass is 10.1. The topological polar surface area (TPSA) is 76.1 Å². The number of nitrogens with one attached hydrogen (secondary N) is 1. The summed E-state index contributed by atoms with van der Waals surface area (Å²) in [4.78, 5) is 17.6. The number of carbonyl (C=O) groups is 1. The predicted molar refractivity (Wildman–Crippen MR) is 92.7 cm³/mol. The fourth-order valence-electron chi connectivity index (χ4n) is 2.53. The summed E-state index contributed by atoms with van der Waals surface area (Å²) in [6, 6.07) is 7.33. The number of thiazole rings is 1. The molecule has 0 aliphatic carbocycles. The highest BCUT2D eigenvalue weighted by molar-refractivity contribution is 7.91. The highest BCUT2D eigenvalue weighted by Gasteiger charge is 2.33. The van der Waals surface area contributed by atoms with Crippen LogP contribution in [0, 0.1) is 12.8 Å². The molecule has 1 fully saturated rings. The number of carbonyl (C=O) groups excluding carboxylic acids is 1. The second-order valence-corrected chi connectivity index (χ2v) is 9.39. The zero-order chi connectivity index (χ0) is 16.6. The van der Waals surface area contributed by atoms with E-state index in [1.807, 2.05) is 19.1 Å². The molecule has 1 N–H and O–H groups in total. The molecule has 1 aliphatic heterocycles. The van der Waals surface area contributed by atoms with Crippen LogP contribution in [0.2, 0.25) is 5.02 Å². The fourth-order valence-corrected chi connectivity index (χ4v) is 5.24. The largest absolute Gasteiger partial charge is 0.302 e. The minimum absolute atomic E-state index is 0.0762. The zero-order valence-electron chi connectivity index (χ0n) is 12.4. The van der Waals surface area contributed by atoms with E-state index in [1.165, 1.54) is 11.3 Å². The lowest BCUT2D eigenvalue weighted by Crippen LogP contribution is -2.23. The van der Waals surface area contributed by atoms with Gasteiger partial charge in [-0.3, -0.25) is 4.79 Å². The zero-order valence-corrected chi connectivity index (χ0v) is 14.8. The number of sulfone groups is 1. The number of hydrogen-bond acceptors (Lipinski definition) is 5. The Kier molecular flexibility index (Phi) is 4.44. The van der Waals surface area contributed by atoms with Gasteiger partial charge in [0.1, 0.15) is 0 Å². The molecule has 1 aliphatic rings. The molecule has 1 aromatic carbocycles. The number of aromatic nitrogens is 1. The molecule has 0 spiro atoms. The average molecular weight is 371 g/mol. The van der Waals surface area contributed by atoms with Crippen molar-refractivity contribution < 1.29 is 13.2 Å². The molecule has 2 heterocycles. The van der Waals surface area contributed by atoms with Gasteiger partial charge in [-0.25, -0.2) is 13.4 Å². The summed E-state index contributed by atoms with van der Waals surface area (Å²) in [5.74, 6) is -0.753. The molecule has 8 heteroatoms. The van der Waals surface area contributed by atoms with Crippen molar-refractivity contribution in [2.24, 2.45) is 5.92 Å². The van der Waals surface area contributed by atoms with Crippen molar-refractivity contribution in [2.45, 2.75) is 13.3 Å². The van der Waals surface area contributed by atoms with Crippen LogP contribution in [-0.4, -0.2) is 30.8 Å². The third-order valence-corrected chi connectivity index (χ3v) is 6.65. The van der Waals surface area contributed by atoms with E-state index >= 15 is 0 Å². The summed E-state index contributed by atoms with van der Waals surface area (Å²) in [7, 11) is -3.07. The molecule has 5 nitrogen and oxygen atoms in total. The first-order valence-electron chi connectivity index (χ1n) is 7.09. The van der Waals surface area contributed by atoms with E-state index < -0.39 is 15.8 Å². The van der Waals surface area contributed by atoms with Crippen molar-refractivity contribution in [1.29, 1.82) is 0 Å². The summed E-state index contributed by atoms with van der Waals surface area (Å²) < 4.78 is 22.9. The Labute approximate surface area is 143 Å². The van der Waals surface area contributed by atoms with Gasteiger partial charge in [-0.2, -0.15) is 0 Å². The van der Waals surface area contributed by atoms with Crippen molar-refractivity contribution in [3.05, 3.63) is 34.2 Å². The van der Waals surface area contributed by atoms with Crippen LogP contribution in [0.1, 0.15) is 11.3 Å². The van der Waals surface area contributed by atoms with Gasteiger partial charge >= 0.3 is 0 Å². The molecule has 2 aromatic rings. The number of aryl methyl sites for hydroxylation is 1. The molecule has 0 saturated carbocycles. The maximum absolute atomic E-state index is 12.2. The van der Waals surface area contributed by atoms with Gasteiger partial charge in [0.2, 0.25) is 5.91 Å². The molecule has 0 radical (unpaired) electrons. The number of rotatable bonds is 3. The molecule has 1 amide bonds. The number of nitrogens with zero attached hydrogens (tertiary/aromatic N) is 1. The van der Waals surface area contributed by atoms with Crippen molar-refractivity contribution in [1.82, 2.24) is 4.98 Å². The van der Waals surface area contributed by atoms with Crippen molar-refractivity contribution >= 4 is 43.8 Å². The normalized spacial score (nSPS) is 19.7. The molecule has 23 heavy (non-hydrogen) atoms. The van der Waals surface area contributed by atoms with Gasteiger partial charge < -0.3 is 5.32 Å². The Bertz CT molecular complexity index is 844. The van der Waals surface area contributed by atoms with E-state index in [4.69, 9.17) is 11.6 Å². The molecule has 0 bridgehead atoms. The second kappa shape index (κ2) is 6.22. The summed E-state index contributed by atoms with van der Waals surface area (Å²) in [5, 5.41) is 3.88. The highest BCUT2D eigenvalue weighted by Crippen LogP contribution is 2.31. The van der Waals surface area contributed by atoms with Crippen LogP contribution in [0.25, 0.3) is 11.3 Å². The monoisotopic (exact) mass is 370 g/mol. The molecule has 1 aromatic heterocycles. The van der Waals surface area contributed by atoms with E-state index in [-0.39, 0.29) is 17.4 Å². The third kappa shape index (κ3) is 3.73. The molecule has 1 saturated heterocycles. The van der Waals surface area contributed by atoms with Gasteiger partial charge in [0.25, 0.3) is 0 Å². The molecule has 3 rings (SSSR count). The molecular weight excluding hydrogens is 356 g/mol. The van der Waals surface area contributed by atoms with Gasteiger partial charge in [0.15, 0.2) is 15.0 Å². The standard InChI is InChI=1S/C15H15ClN2O3S2/c1-9-13(10-2-4-12(16)5-3-10)17-15(22-9)18-14(19)11-6-7-23(20,21)8-11/h2-5,11H,6-8H2,1H3,(H,17,18,19)/t11-/m0/s1. The number of anilines is 1. The Morgan fingerprint density at radius 2 is 2.04 bits per heavy atom. The SMILES string of the molecule is Cc1sc(NC(=O)[C@H]2CCS(=O)(=O)C2)nc1-c1ccc(Cl)cc1. The van der Waals surface area contributed by atoms with Crippen LogP contribution in [0.3, 0.4) is 0 Å². The Morgan fingerprint density at radius 3 is 2.65 bits per heavy atom. The van der Waals surface area contributed by atoms with Crippen LogP contribution in [0.4, 0.5) is 5.13 Å². The number of benzene rings is 1. The van der Waals surface area contributed by atoms with Crippen LogP contribution in [0.5, 0.6) is 0 Å². The number of halogens is 1. The Morgan fingerprint density at radius 1 is 1.35 bits per heavy atom. The van der Waals surface area contributed by atoms with Gasteiger partial charge in [-0.15, -0.1) is 11.3 Å². The lowest BCUT2D eigenvalue weighted by Gasteiger charge is -2.06. The number of hydrogen-bond donors (Lipinski definition) is 1. The first-order chi connectivity index (χ1) is 10.8. The van der Waals surface area contributed by atoms with Crippen molar-refractivity contribution in [2.75, 3.05) is 16.8 Å². The van der Waals surface area contributed by atoms with E-state index in [9.17, 15) is 13.2 Å². The van der Waals surface area contributed by atoms with Crippen molar-refractivity contribution in [3.63, 3.8) is 0 Å². The third-order valence-electron chi connectivity index (χ3n) is 3.75. The smallest absolute Gasteiger partial charge is 0.230 e. The van der Waals surface area contributed by atoms with Crippen LogP contribution in [0.15, 0.2) is 24.3 Å². The van der Waals surface area contributed by atoms with E-state index in [0.29, 0.717) is 16.6 Å². The Balaban J connectivity index is 1.76. The maximum Gasteiger partial charge on any atom is 0.230 e.